The smallest absolute Gasteiger partial charge is 0.387 e. The fourth-order valence-corrected chi connectivity index (χ4v) is 1.48. The van der Waals surface area contributed by atoms with Gasteiger partial charge in [0.15, 0.2) is 0 Å². The lowest BCUT2D eigenvalue weighted by atomic mass is 10.7. The second-order valence-corrected chi connectivity index (χ2v) is 5.87. The van der Waals surface area contributed by atoms with E-state index in [4.69, 9.17) is 5.11 Å². The molecule has 0 aromatic heterocycles. The Labute approximate surface area is 211 Å². The van der Waals surface area contributed by atoms with Crippen molar-refractivity contribution in [1.29, 1.82) is 0 Å². The summed E-state index contributed by atoms with van der Waals surface area (Å²) in [5, 5.41) is 7.91. The molecule has 0 aromatic carbocycles. The standard InChI is InChI=1S/C11H3F21O10/c12-2(13,1-33)34-4(17,18)36-6(21,22)38-8(25,26)40-10(29,30)42-11(31,32)41-9(27,28)39-7(23,24)37-5(19,20)35-3(14,15)16/h33H,1H2. The van der Waals surface area contributed by atoms with Crippen LogP contribution in [0, 0.1) is 0 Å². The molecule has 42 heavy (non-hydrogen) atoms. The molecule has 0 saturated carbocycles. The third-order valence-corrected chi connectivity index (χ3v) is 2.35. The Balaban J connectivity index is 5.45. The van der Waals surface area contributed by atoms with Crippen molar-refractivity contribution in [2.45, 2.75) is 62.8 Å². The predicted octanol–water partition coefficient (Wildman–Crippen LogP) is 5.64. The molecule has 31 heteroatoms. The molecule has 0 fully saturated rings. The number of aliphatic hydroxyl groups is 1. The lowest BCUT2D eigenvalue weighted by Crippen LogP contribution is -2.50. The molecule has 0 saturated heterocycles. The first-order valence-corrected chi connectivity index (χ1v) is 8.31. The number of alkyl halides is 21. The molecule has 0 unspecified atom stereocenters. The molecule has 0 aromatic rings. The van der Waals surface area contributed by atoms with Gasteiger partial charge in [0, 0.05) is 0 Å². The van der Waals surface area contributed by atoms with E-state index in [1.807, 2.05) is 4.74 Å². The molecule has 0 heterocycles. The van der Waals surface area contributed by atoms with E-state index in [1.54, 1.807) is 33.2 Å². The number of ether oxygens (including phenoxy) is 9. The molecule has 0 rings (SSSR count). The molecule has 0 amide bonds. The first-order chi connectivity index (χ1) is 17.9. The zero-order chi connectivity index (χ0) is 34.1. The van der Waals surface area contributed by atoms with Crippen LogP contribution >= 0.6 is 0 Å². The Bertz CT molecular complexity index is 876. The second kappa shape index (κ2) is 12.3. The van der Waals surface area contributed by atoms with E-state index in [9.17, 15) is 92.2 Å². The molecular weight excluding hydrogens is 691 g/mol. The van der Waals surface area contributed by atoms with E-state index in [-0.39, 0.29) is 0 Å². The van der Waals surface area contributed by atoms with Crippen molar-refractivity contribution in [3.8, 4) is 0 Å². The Morgan fingerprint density at radius 3 is 0.619 bits per heavy atom. The molecule has 0 aliphatic heterocycles. The molecule has 0 aliphatic rings. The molecule has 1 N–H and O–H groups in total. The van der Waals surface area contributed by atoms with Gasteiger partial charge in [0.25, 0.3) is 0 Å². The predicted molar refractivity (Wildman–Crippen MR) is 67.4 cm³/mol. The van der Waals surface area contributed by atoms with Gasteiger partial charge in [-0.3, -0.25) is 0 Å². The lowest BCUT2D eigenvalue weighted by Gasteiger charge is -2.30. The van der Waals surface area contributed by atoms with Gasteiger partial charge >= 0.3 is 62.8 Å². The van der Waals surface area contributed by atoms with Crippen LogP contribution in [0.5, 0.6) is 0 Å². The topological polar surface area (TPSA) is 103 Å². The summed E-state index contributed by atoms with van der Waals surface area (Å²) >= 11 is 0. The van der Waals surface area contributed by atoms with Crippen LogP contribution < -0.4 is 0 Å². The fourth-order valence-electron chi connectivity index (χ4n) is 1.48. The zero-order valence-electron chi connectivity index (χ0n) is 17.8. The minimum absolute atomic E-state index is 1.55. The molecule has 0 radical (unpaired) electrons. The van der Waals surface area contributed by atoms with Crippen molar-refractivity contribution in [3.05, 3.63) is 0 Å². The quantitative estimate of drug-likeness (QED) is 0.143. The number of rotatable bonds is 18. The van der Waals surface area contributed by atoms with Gasteiger partial charge in [0.1, 0.15) is 6.61 Å². The van der Waals surface area contributed by atoms with Gasteiger partial charge < -0.3 is 5.11 Å². The maximum Gasteiger partial charge on any atom is 0.529 e. The van der Waals surface area contributed by atoms with Crippen LogP contribution in [0.3, 0.4) is 0 Å². The van der Waals surface area contributed by atoms with Crippen LogP contribution in [0.25, 0.3) is 0 Å². The summed E-state index contributed by atoms with van der Waals surface area (Å²) < 4.78 is 281. The summed E-state index contributed by atoms with van der Waals surface area (Å²) in [5.74, 6) is 0. The van der Waals surface area contributed by atoms with Crippen LogP contribution in [0.15, 0.2) is 0 Å². The Kier molecular flexibility index (Phi) is 11.7. The number of hydrogen-bond donors (Lipinski definition) is 1. The van der Waals surface area contributed by atoms with Crippen molar-refractivity contribution < 1.29 is 140 Å². The Morgan fingerprint density at radius 1 is 0.286 bits per heavy atom. The zero-order valence-corrected chi connectivity index (χ0v) is 17.8. The van der Waals surface area contributed by atoms with E-state index >= 15 is 0 Å². The van der Waals surface area contributed by atoms with Gasteiger partial charge in [-0.1, -0.05) is 0 Å². The average Bonchev–Trinajstić information content (AvgIpc) is 2.49. The molecule has 0 aliphatic carbocycles. The fraction of sp³-hybridized carbons (Fsp3) is 1.00. The normalized spacial score (nSPS) is 15.9. The summed E-state index contributed by atoms with van der Waals surface area (Å²) in [6.45, 7) is -2.70. The first-order valence-electron chi connectivity index (χ1n) is 8.31. The van der Waals surface area contributed by atoms with Crippen molar-refractivity contribution in [2.24, 2.45) is 0 Å². The maximum absolute atomic E-state index is 13.1. The maximum atomic E-state index is 13.1. The van der Waals surface area contributed by atoms with Crippen LogP contribution in [-0.4, -0.2) is 74.5 Å². The largest absolute Gasteiger partial charge is 0.529 e. The number of hydrogen-bond acceptors (Lipinski definition) is 10. The van der Waals surface area contributed by atoms with Crippen LogP contribution in [0.2, 0.25) is 0 Å². The highest BCUT2D eigenvalue weighted by Gasteiger charge is 2.64. The van der Waals surface area contributed by atoms with Gasteiger partial charge in [-0.2, -0.15) is 13.5 Å². The van der Waals surface area contributed by atoms with Crippen molar-refractivity contribution in [2.75, 3.05) is 6.61 Å². The third kappa shape index (κ3) is 17.3. The molecule has 0 spiro atoms. The number of aliphatic hydroxyl groups excluding tert-OH is 1. The summed E-state index contributed by atoms with van der Waals surface area (Å²) in [6.07, 6.45) is -66.9. The molecule has 254 valence electrons. The Hall–Kier alpha value is -1.87. The monoisotopic (exact) mass is 694 g/mol. The summed E-state index contributed by atoms with van der Waals surface area (Å²) in [5.41, 5.74) is 0. The highest BCUT2D eigenvalue weighted by Crippen LogP contribution is 2.43. The number of halogens is 21. The highest BCUT2D eigenvalue weighted by atomic mass is 19.4. The van der Waals surface area contributed by atoms with Gasteiger partial charge in [0.2, 0.25) is 0 Å². The SMILES string of the molecule is OCC(F)(F)OC(F)(F)OC(F)(F)OC(F)(F)OC(F)(F)OC(F)(F)OC(F)(F)OC(F)(F)OC(F)(F)OC(F)(F)F. The van der Waals surface area contributed by atoms with E-state index < -0.39 is 69.4 Å². The van der Waals surface area contributed by atoms with Crippen LogP contribution in [0.1, 0.15) is 0 Å². The third-order valence-electron chi connectivity index (χ3n) is 2.35. The summed E-state index contributed by atoms with van der Waals surface area (Å²) in [7, 11) is 0. The summed E-state index contributed by atoms with van der Waals surface area (Å²) in [4.78, 5) is 0. The van der Waals surface area contributed by atoms with Gasteiger partial charge in [0.05, 0.1) is 0 Å². The van der Waals surface area contributed by atoms with Crippen molar-refractivity contribution >= 4 is 0 Å². The van der Waals surface area contributed by atoms with Crippen molar-refractivity contribution in [3.63, 3.8) is 0 Å². The summed E-state index contributed by atoms with van der Waals surface area (Å²) in [6, 6.07) is 0. The second-order valence-electron chi connectivity index (χ2n) is 5.87. The van der Waals surface area contributed by atoms with Crippen LogP contribution in [-0.2, 0) is 42.6 Å². The van der Waals surface area contributed by atoms with Crippen molar-refractivity contribution in [1.82, 2.24) is 0 Å². The molecular formula is C11H3F21O10. The molecule has 0 bridgehead atoms. The first kappa shape index (κ1) is 40.1. The average molecular weight is 694 g/mol. The van der Waals surface area contributed by atoms with E-state index in [0.29, 0.717) is 0 Å². The van der Waals surface area contributed by atoms with Crippen LogP contribution in [0.4, 0.5) is 92.2 Å². The molecule has 0 atom stereocenters. The minimum atomic E-state index is -7.07. The Morgan fingerprint density at radius 2 is 0.452 bits per heavy atom. The minimum Gasteiger partial charge on any atom is -0.387 e. The van der Waals surface area contributed by atoms with E-state index in [2.05, 4.69) is 4.74 Å². The van der Waals surface area contributed by atoms with E-state index in [0.717, 1.165) is 0 Å². The van der Waals surface area contributed by atoms with Gasteiger partial charge in [-0.25, -0.2) is 37.9 Å². The lowest BCUT2D eigenvalue weighted by molar-refractivity contribution is -0.648. The highest BCUT2D eigenvalue weighted by molar-refractivity contribution is 4.53. The molecule has 10 nitrogen and oxygen atoms in total. The van der Waals surface area contributed by atoms with Gasteiger partial charge in [-0.05, 0) is 0 Å². The van der Waals surface area contributed by atoms with Gasteiger partial charge in [-0.15, -0.1) is 83.4 Å². The van der Waals surface area contributed by atoms with E-state index in [1.165, 1.54) is 0 Å².